The minimum absolute atomic E-state index is 0.167. The van der Waals surface area contributed by atoms with Crippen molar-refractivity contribution in [2.75, 3.05) is 12.4 Å². The van der Waals surface area contributed by atoms with Crippen LogP contribution in [0.1, 0.15) is 0 Å². The maximum Gasteiger partial charge on any atom is 0.330 e. The highest BCUT2D eigenvalue weighted by atomic mass is 32.2. The van der Waals surface area contributed by atoms with E-state index in [0.29, 0.717) is 0 Å². The molecule has 5 heteroatoms. The number of esters is 1. The van der Waals surface area contributed by atoms with Crippen LogP contribution in [0.3, 0.4) is 0 Å². The van der Waals surface area contributed by atoms with E-state index in [1.807, 2.05) is 0 Å². The zero-order valence-corrected chi connectivity index (χ0v) is 7.34. The van der Waals surface area contributed by atoms with Crippen LogP contribution in [-0.2, 0) is 19.4 Å². The number of rotatable bonds is 5. The van der Waals surface area contributed by atoms with Gasteiger partial charge in [0, 0.05) is 11.5 Å². The second-order valence-corrected chi connectivity index (χ2v) is 3.97. The summed E-state index contributed by atoms with van der Waals surface area (Å²) in [6.07, 6.45) is 0.973. The van der Waals surface area contributed by atoms with Gasteiger partial charge in [-0.15, -0.1) is 0 Å². The average molecular weight is 190 g/mol. The molecule has 0 aliphatic heterocycles. The Hall–Kier alpha value is -1.10. The van der Waals surface area contributed by atoms with Gasteiger partial charge in [0.15, 0.2) is 9.84 Å². The summed E-state index contributed by atoms with van der Waals surface area (Å²) in [4.78, 5) is 10.4. The van der Waals surface area contributed by atoms with E-state index < -0.39 is 15.8 Å². The van der Waals surface area contributed by atoms with Crippen LogP contribution in [-0.4, -0.2) is 26.7 Å². The Morgan fingerprint density at radius 3 is 2.42 bits per heavy atom. The summed E-state index contributed by atoms with van der Waals surface area (Å²) in [5.41, 5.74) is 0. The molecule has 0 radical (unpaired) electrons. The van der Waals surface area contributed by atoms with Gasteiger partial charge in [-0.2, -0.15) is 0 Å². The van der Waals surface area contributed by atoms with Gasteiger partial charge in [0.2, 0.25) is 0 Å². The predicted molar refractivity (Wildman–Crippen MR) is 45.1 cm³/mol. The quantitative estimate of drug-likeness (QED) is 0.461. The SMILES string of the molecule is C=CC(=O)OCCS(=O)(=O)C=C. The van der Waals surface area contributed by atoms with E-state index >= 15 is 0 Å². The molecule has 0 aromatic heterocycles. The van der Waals surface area contributed by atoms with Crippen molar-refractivity contribution in [1.82, 2.24) is 0 Å². The van der Waals surface area contributed by atoms with Crippen molar-refractivity contribution in [2.45, 2.75) is 0 Å². The Labute approximate surface area is 71.5 Å². The summed E-state index contributed by atoms with van der Waals surface area (Å²) in [6, 6.07) is 0. The summed E-state index contributed by atoms with van der Waals surface area (Å²) < 4.78 is 25.9. The lowest BCUT2D eigenvalue weighted by molar-refractivity contribution is -0.137. The second-order valence-electron chi connectivity index (χ2n) is 1.91. The smallest absolute Gasteiger partial charge is 0.330 e. The third-order valence-corrected chi connectivity index (χ3v) is 2.28. The molecule has 0 saturated carbocycles. The maximum absolute atomic E-state index is 10.7. The summed E-state index contributed by atoms with van der Waals surface area (Å²) >= 11 is 0. The zero-order chi connectivity index (χ0) is 9.61. The van der Waals surface area contributed by atoms with Crippen LogP contribution in [0, 0.1) is 0 Å². The largest absolute Gasteiger partial charge is 0.461 e. The van der Waals surface area contributed by atoms with E-state index in [9.17, 15) is 13.2 Å². The highest BCUT2D eigenvalue weighted by Gasteiger charge is 2.05. The fraction of sp³-hybridized carbons (Fsp3) is 0.286. The monoisotopic (exact) mass is 190 g/mol. The summed E-state index contributed by atoms with van der Waals surface area (Å²) in [5.74, 6) is -0.870. The van der Waals surface area contributed by atoms with E-state index in [-0.39, 0.29) is 12.4 Å². The minimum Gasteiger partial charge on any atom is -0.461 e. The number of ether oxygens (including phenoxy) is 1. The molecule has 0 bridgehead atoms. The van der Waals surface area contributed by atoms with E-state index in [0.717, 1.165) is 11.5 Å². The van der Waals surface area contributed by atoms with Gasteiger partial charge >= 0.3 is 5.97 Å². The predicted octanol–water partition coefficient (Wildman–Crippen LogP) is 0.274. The van der Waals surface area contributed by atoms with Crippen LogP contribution in [0.4, 0.5) is 0 Å². The number of carbonyl (C=O) groups excluding carboxylic acids is 1. The minimum atomic E-state index is -3.27. The first-order chi connectivity index (χ1) is 5.52. The third kappa shape index (κ3) is 4.68. The van der Waals surface area contributed by atoms with Crippen LogP contribution < -0.4 is 0 Å². The van der Waals surface area contributed by atoms with Gasteiger partial charge in [-0.25, -0.2) is 13.2 Å². The van der Waals surface area contributed by atoms with Gasteiger partial charge in [-0.1, -0.05) is 13.2 Å². The molecule has 0 aliphatic carbocycles. The molecule has 0 unspecified atom stereocenters. The van der Waals surface area contributed by atoms with Crippen molar-refractivity contribution in [2.24, 2.45) is 0 Å². The second kappa shape index (κ2) is 4.71. The molecule has 12 heavy (non-hydrogen) atoms. The molecule has 0 saturated heterocycles. The van der Waals surface area contributed by atoms with Crippen LogP contribution in [0.2, 0.25) is 0 Å². The third-order valence-electron chi connectivity index (χ3n) is 1.03. The Balaban J connectivity index is 3.79. The van der Waals surface area contributed by atoms with Gasteiger partial charge in [-0.3, -0.25) is 0 Å². The van der Waals surface area contributed by atoms with Gasteiger partial charge in [0.1, 0.15) is 6.61 Å². The number of hydrogen-bond acceptors (Lipinski definition) is 4. The standard InChI is InChI=1S/C7H10O4S/c1-3-7(8)11-5-6-12(9,10)4-2/h3-4H,1-2,5-6H2. The van der Waals surface area contributed by atoms with Crippen molar-refractivity contribution in [3.8, 4) is 0 Å². The zero-order valence-electron chi connectivity index (χ0n) is 6.52. The molecular formula is C7H10O4S. The van der Waals surface area contributed by atoms with Gasteiger partial charge in [0.05, 0.1) is 5.75 Å². The van der Waals surface area contributed by atoms with Gasteiger partial charge < -0.3 is 4.74 Å². The molecule has 0 heterocycles. The molecule has 0 N–H and O–H groups in total. The molecule has 4 nitrogen and oxygen atoms in total. The van der Waals surface area contributed by atoms with Crippen LogP contribution in [0.15, 0.2) is 24.6 Å². The molecule has 0 fully saturated rings. The lowest BCUT2D eigenvalue weighted by Crippen LogP contribution is -2.11. The molecule has 0 rings (SSSR count). The van der Waals surface area contributed by atoms with Crippen LogP contribution in [0.25, 0.3) is 0 Å². The molecule has 0 spiro atoms. The molecule has 0 aromatic carbocycles. The number of sulfone groups is 1. The Morgan fingerprint density at radius 1 is 1.42 bits per heavy atom. The lowest BCUT2D eigenvalue weighted by atomic mass is 10.6. The summed E-state index contributed by atoms with van der Waals surface area (Å²) in [6.45, 7) is 6.09. The van der Waals surface area contributed by atoms with Gasteiger partial charge in [-0.05, 0) is 0 Å². The number of hydrogen-bond donors (Lipinski definition) is 0. The topological polar surface area (TPSA) is 60.4 Å². The van der Waals surface area contributed by atoms with Gasteiger partial charge in [0.25, 0.3) is 0 Å². The first-order valence-corrected chi connectivity index (χ1v) is 4.88. The summed E-state index contributed by atoms with van der Waals surface area (Å²) in [7, 11) is -3.27. The van der Waals surface area contributed by atoms with E-state index in [1.54, 1.807) is 0 Å². The van der Waals surface area contributed by atoms with Crippen molar-refractivity contribution >= 4 is 15.8 Å². The first-order valence-electron chi connectivity index (χ1n) is 3.16. The van der Waals surface area contributed by atoms with E-state index in [1.165, 1.54) is 0 Å². The Bertz CT molecular complexity index is 276. The maximum atomic E-state index is 10.7. The highest BCUT2D eigenvalue weighted by Crippen LogP contribution is 1.91. The van der Waals surface area contributed by atoms with E-state index in [4.69, 9.17) is 0 Å². The van der Waals surface area contributed by atoms with Crippen molar-refractivity contribution in [3.63, 3.8) is 0 Å². The molecule has 0 aliphatic rings. The normalized spacial score (nSPS) is 10.3. The highest BCUT2D eigenvalue weighted by molar-refractivity contribution is 7.94. The van der Waals surface area contributed by atoms with Crippen molar-refractivity contribution < 1.29 is 17.9 Å². The Kier molecular flexibility index (Phi) is 4.28. The summed E-state index contributed by atoms with van der Waals surface area (Å²) in [5, 5.41) is 0.828. The van der Waals surface area contributed by atoms with Crippen molar-refractivity contribution in [1.29, 1.82) is 0 Å². The first kappa shape index (κ1) is 10.9. The molecule has 0 amide bonds. The fourth-order valence-corrected chi connectivity index (χ4v) is 0.883. The molecule has 68 valence electrons. The van der Waals surface area contributed by atoms with Crippen LogP contribution >= 0.6 is 0 Å². The van der Waals surface area contributed by atoms with E-state index in [2.05, 4.69) is 17.9 Å². The average Bonchev–Trinajstić information content (AvgIpc) is 2.04. The number of carbonyl (C=O) groups is 1. The molecule has 0 atom stereocenters. The fourth-order valence-electron chi connectivity index (χ4n) is 0.401. The molecular weight excluding hydrogens is 180 g/mol. The molecule has 0 aromatic rings. The van der Waals surface area contributed by atoms with Crippen molar-refractivity contribution in [3.05, 3.63) is 24.6 Å². The van der Waals surface area contributed by atoms with Crippen LogP contribution in [0.5, 0.6) is 0 Å². The lowest BCUT2D eigenvalue weighted by Gasteiger charge is -1.99. The Morgan fingerprint density at radius 2 is 2.00 bits per heavy atom.